The minimum absolute atomic E-state index is 0.0548. The largest absolute Gasteiger partial charge is 0.494 e. The summed E-state index contributed by atoms with van der Waals surface area (Å²) in [6.45, 7) is 7.28. The number of carbonyl (C=O) groups is 1. The topological polar surface area (TPSA) is 70.2 Å². The van der Waals surface area contributed by atoms with Crippen LogP contribution in [0, 0.1) is 13.8 Å². The predicted octanol–water partition coefficient (Wildman–Crippen LogP) is 5.06. The Labute approximate surface area is 179 Å². The predicted molar refractivity (Wildman–Crippen MR) is 117 cm³/mol. The second-order valence-corrected chi connectivity index (χ2v) is 7.89. The number of ketones is 1. The van der Waals surface area contributed by atoms with Gasteiger partial charge in [-0.25, -0.2) is 9.97 Å². The van der Waals surface area contributed by atoms with Gasteiger partial charge in [0.05, 0.1) is 30.6 Å². The van der Waals surface area contributed by atoms with E-state index in [1.165, 1.54) is 11.8 Å². The highest BCUT2D eigenvalue weighted by atomic mass is 32.2. The minimum Gasteiger partial charge on any atom is -0.494 e. The Morgan fingerprint density at radius 1 is 1.17 bits per heavy atom. The van der Waals surface area contributed by atoms with Gasteiger partial charge < -0.3 is 13.7 Å². The third-order valence-corrected chi connectivity index (χ3v) is 6.08. The van der Waals surface area contributed by atoms with E-state index in [4.69, 9.17) is 9.15 Å². The van der Waals surface area contributed by atoms with Crippen LogP contribution in [0.2, 0.25) is 0 Å². The molecule has 0 atom stereocenters. The van der Waals surface area contributed by atoms with Crippen molar-refractivity contribution >= 4 is 28.6 Å². The lowest BCUT2D eigenvalue weighted by atomic mass is 10.1. The maximum absolute atomic E-state index is 12.7. The number of hydrogen-bond acceptors (Lipinski definition) is 6. The zero-order chi connectivity index (χ0) is 21.1. The van der Waals surface area contributed by atoms with Gasteiger partial charge in [0, 0.05) is 11.3 Å². The first-order valence-corrected chi connectivity index (χ1v) is 10.8. The van der Waals surface area contributed by atoms with E-state index in [1.54, 1.807) is 24.7 Å². The lowest BCUT2D eigenvalue weighted by molar-refractivity contribution is 0.102. The molecule has 7 heteroatoms. The second kappa shape index (κ2) is 8.75. The maximum atomic E-state index is 12.7. The molecule has 0 saturated carbocycles. The summed E-state index contributed by atoms with van der Waals surface area (Å²) in [6.07, 6.45) is 3.23. The first-order chi connectivity index (χ1) is 14.6. The number of thioether (sulfide) groups is 1. The molecule has 0 radical (unpaired) electrons. The van der Waals surface area contributed by atoms with E-state index in [-0.39, 0.29) is 5.78 Å². The van der Waals surface area contributed by atoms with Crippen molar-refractivity contribution in [3.63, 3.8) is 0 Å². The molecule has 0 N–H and O–H groups in total. The molecule has 1 aromatic carbocycles. The number of furan rings is 1. The molecule has 3 heterocycles. The normalized spacial score (nSPS) is 11.2. The Bertz CT molecular complexity index is 1160. The minimum atomic E-state index is 0.0548. The van der Waals surface area contributed by atoms with Crippen LogP contribution in [0.4, 0.5) is 0 Å². The standard InChI is InChI=1S/C23H23N3O3S/c1-4-28-18-9-7-17(8-10-18)20(27)13-30-23-21-15(2)16(3)26(22(21)24-14-25-23)12-19-6-5-11-29-19/h5-11,14H,4,12-13H2,1-3H3. The summed E-state index contributed by atoms with van der Waals surface area (Å²) in [5, 5.41) is 1.81. The van der Waals surface area contributed by atoms with Gasteiger partial charge in [0.25, 0.3) is 0 Å². The van der Waals surface area contributed by atoms with Gasteiger partial charge in [-0.05, 0) is 62.7 Å². The molecular weight excluding hydrogens is 398 g/mol. The molecule has 4 aromatic rings. The van der Waals surface area contributed by atoms with E-state index in [9.17, 15) is 4.79 Å². The number of nitrogens with zero attached hydrogens (tertiary/aromatic N) is 3. The summed E-state index contributed by atoms with van der Waals surface area (Å²) in [5.74, 6) is 2.00. The Kier molecular flexibility index (Phi) is 5.90. The Morgan fingerprint density at radius 2 is 1.97 bits per heavy atom. The van der Waals surface area contributed by atoms with Crippen LogP contribution in [-0.2, 0) is 6.54 Å². The third kappa shape index (κ3) is 3.98. The van der Waals surface area contributed by atoms with Crippen LogP contribution in [0.1, 0.15) is 34.3 Å². The molecule has 154 valence electrons. The van der Waals surface area contributed by atoms with Crippen LogP contribution in [0.25, 0.3) is 11.0 Å². The maximum Gasteiger partial charge on any atom is 0.173 e. The van der Waals surface area contributed by atoms with E-state index in [0.29, 0.717) is 24.5 Å². The fourth-order valence-corrected chi connectivity index (χ4v) is 4.36. The monoisotopic (exact) mass is 421 g/mol. The van der Waals surface area contributed by atoms with Crippen LogP contribution in [0.15, 0.2) is 58.4 Å². The van der Waals surface area contributed by atoms with Gasteiger partial charge in [0.15, 0.2) is 5.78 Å². The van der Waals surface area contributed by atoms with Gasteiger partial charge in [-0.15, -0.1) is 0 Å². The fourth-order valence-electron chi connectivity index (χ4n) is 3.42. The van der Waals surface area contributed by atoms with Crippen LogP contribution in [0.5, 0.6) is 5.75 Å². The number of aromatic nitrogens is 3. The average molecular weight is 422 g/mol. The van der Waals surface area contributed by atoms with Crippen molar-refractivity contribution in [1.82, 2.24) is 14.5 Å². The van der Waals surface area contributed by atoms with Gasteiger partial charge in [-0.1, -0.05) is 11.8 Å². The lowest BCUT2D eigenvalue weighted by Gasteiger charge is -2.06. The van der Waals surface area contributed by atoms with Crippen LogP contribution >= 0.6 is 11.8 Å². The van der Waals surface area contributed by atoms with Crippen molar-refractivity contribution in [2.75, 3.05) is 12.4 Å². The molecule has 0 amide bonds. The molecule has 6 nitrogen and oxygen atoms in total. The zero-order valence-corrected chi connectivity index (χ0v) is 18.0. The Morgan fingerprint density at radius 3 is 2.67 bits per heavy atom. The molecule has 0 saturated heterocycles. The second-order valence-electron chi connectivity index (χ2n) is 6.92. The van der Waals surface area contributed by atoms with E-state index in [2.05, 4.69) is 28.4 Å². The number of ether oxygens (including phenoxy) is 1. The number of aryl methyl sites for hydroxylation is 1. The summed E-state index contributed by atoms with van der Waals surface area (Å²) < 4.78 is 13.1. The smallest absolute Gasteiger partial charge is 0.173 e. The van der Waals surface area contributed by atoms with E-state index in [1.807, 2.05) is 31.2 Å². The van der Waals surface area contributed by atoms with Crippen molar-refractivity contribution in [2.24, 2.45) is 0 Å². The van der Waals surface area contributed by atoms with Crippen molar-refractivity contribution in [3.05, 3.63) is 71.6 Å². The van der Waals surface area contributed by atoms with Crippen molar-refractivity contribution in [3.8, 4) is 5.75 Å². The molecule has 0 unspecified atom stereocenters. The Hall–Kier alpha value is -3.06. The molecule has 0 aliphatic rings. The van der Waals surface area contributed by atoms with Crippen LogP contribution < -0.4 is 4.74 Å². The molecule has 4 rings (SSSR count). The van der Waals surface area contributed by atoms with Gasteiger partial charge in [0.2, 0.25) is 0 Å². The molecule has 0 aliphatic carbocycles. The highest BCUT2D eigenvalue weighted by Gasteiger charge is 2.18. The highest BCUT2D eigenvalue weighted by molar-refractivity contribution is 8.00. The van der Waals surface area contributed by atoms with Crippen LogP contribution in [-0.4, -0.2) is 32.7 Å². The molecular formula is C23H23N3O3S. The first kappa shape index (κ1) is 20.2. The number of fused-ring (bicyclic) bond motifs is 1. The summed E-state index contributed by atoms with van der Waals surface area (Å²) in [5.41, 5.74) is 3.75. The zero-order valence-electron chi connectivity index (χ0n) is 17.2. The van der Waals surface area contributed by atoms with Crippen LogP contribution in [0.3, 0.4) is 0 Å². The molecule has 0 fully saturated rings. The molecule has 0 bridgehead atoms. The third-order valence-electron chi connectivity index (χ3n) is 5.09. The SMILES string of the molecule is CCOc1ccc(C(=O)CSc2ncnc3c2c(C)c(C)n3Cc2ccco2)cc1. The van der Waals surface area contributed by atoms with Gasteiger partial charge in [-0.2, -0.15) is 0 Å². The van der Waals surface area contributed by atoms with Crippen molar-refractivity contribution < 1.29 is 13.9 Å². The highest BCUT2D eigenvalue weighted by Crippen LogP contribution is 2.32. The molecule has 0 spiro atoms. The van der Waals surface area contributed by atoms with E-state index in [0.717, 1.165) is 38.8 Å². The lowest BCUT2D eigenvalue weighted by Crippen LogP contribution is -2.04. The summed E-state index contributed by atoms with van der Waals surface area (Å²) in [4.78, 5) is 21.6. The van der Waals surface area contributed by atoms with E-state index >= 15 is 0 Å². The summed E-state index contributed by atoms with van der Waals surface area (Å²) >= 11 is 1.44. The summed E-state index contributed by atoms with van der Waals surface area (Å²) in [7, 11) is 0. The number of carbonyl (C=O) groups excluding carboxylic acids is 1. The van der Waals surface area contributed by atoms with Gasteiger partial charge >= 0.3 is 0 Å². The molecule has 3 aromatic heterocycles. The number of hydrogen-bond donors (Lipinski definition) is 0. The Balaban J connectivity index is 1.56. The summed E-state index contributed by atoms with van der Waals surface area (Å²) in [6, 6.07) is 11.1. The average Bonchev–Trinajstić information content (AvgIpc) is 3.36. The van der Waals surface area contributed by atoms with E-state index < -0.39 is 0 Å². The quantitative estimate of drug-likeness (QED) is 0.225. The molecule has 30 heavy (non-hydrogen) atoms. The van der Waals surface area contributed by atoms with Crippen molar-refractivity contribution in [2.45, 2.75) is 32.3 Å². The first-order valence-electron chi connectivity index (χ1n) is 9.80. The number of rotatable bonds is 8. The van der Waals surface area contributed by atoms with Gasteiger partial charge in [0.1, 0.15) is 28.5 Å². The van der Waals surface area contributed by atoms with Crippen molar-refractivity contribution in [1.29, 1.82) is 0 Å². The number of Topliss-reactive ketones (excluding diaryl/α,β-unsaturated/α-hetero) is 1. The fraction of sp³-hybridized carbons (Fsp3) is 0.261. The number of benzene rings is 1. The molecule has 0 aliphatic heterocycles. The van der Waals surface area contributed by atoms with Gasteiger partial charge in [-0.3, -0.25) is 4.79 Å².